The van der Waals surface area contributed by atoms with Gasteiger partial charge in [0.05, 0.1) is 6.61 Å². The predicted molar refractivity (Wildman–Crippen MR) is 102 cm³/mol. The zero-order valence-electron chi connectivity index (χ0n) is 15.7. The fraction of sp³-hybridized carbons (Fsp3) is 0.333. The van der Waals surface area contributed by atoms with Gasteiger partial charge in [-0.15, -0.1) is 0 Å². The lowest BCUT2D eigenvalue weighted by molar-refractivity contribution is -0.686. The lowest BCUT2D eigenvalue weighted by Crippen LogP contribution is -3.00. The Kier molecular flexibility index (Phi) is 9.66. The van der Waals surface area contributed by atoms with Crippen molar-refractivity contribution in [1.29, 1.82) is 0 Å². The van der Waals surface area contributed by atoms with E-state index < -0.39 is 0 Å². The number of hydrogen-bond donors (Lipinski definition) is 0. The van der Waals surface area contributed by atoms with Gasteiger partial charge >= 0.3 is 5.97 Å². The molecule has 1 aromatic carbocycles. The van der Waals surface area contributed by atoms with E-state index in [-0.39, 0.29) is 29.5 Å². The van der Waals surface area contributed by atoms with Crippen molar-refractivity contribution in [3.05, 3.63) is 59.9 Å². The highest BCUT2D eigenvalue weighted by molar-refractivity contribution is 5.70. The van der Waals surface area contributed by atoms with Crippen LogP contribution in [0.1, 0.15) is 31.9 Å². The van der Waals surface area contributed by atoms with Crippen LogP contribution >= 0.6 is 0 Å². The quantitative estimate of drug-likeness (QED) is 0.463. The molecule has 0 saturated heterocycles. The third-order valence-electron chi connectivity index (χ3n) is 4.02. The summed E-state index contributed by atoms with van der Waals surface area (Å²) in [5, 5.41) is 0. The van der Waals surface area contributed by atoms with Gasteiger partial charge in [-0.1, -0.05) is 24.3 Å². The Morgan fingerprint density at radius 1 is 0.962 bits per heavy atom. The number of esters is 1. The highest BCUT2D eigenvalue weighted by atomic mass is 79.9. The number of hydrogen-bond acceptors (Lipinski definition) is 3. The van der Waals surface area contributed by atoms with Gasteiger partial charge in [0.2, 0.25) is 6.54 Å². The van der Waals surface area contributed by atoms with Crippen LogP contribution in [0.5, 0.6) is 0 Å². The van der Waals surface area contributed by atoms with Crippen molar-refractivity contribution in [3.63, 3.8) is 0 Å². The summed E-state index contributed by atoms with van der Waals surface area (Å²) < 4.78 is 6.76. The first-order valence-electron chi connectivity index (χ1n) is 8.84. The number of anilines is 1. The SMILES string of the molecule is CCOC(=O)C[n+]1ccc(C=Cc2ccc(N(CC)CC)cc2)cc1.[Br-]. The van der Waals surface area contributed by atoms with Crippen molar-refractivity contribution in [1.82, 2.24) is 0 Å². The van der Waals surface area contributed by atoms with Gasteiger partial charge in [-0.2, -0.15) is 4.57 Å². The molecular formula is C21H27BrN2O2. The van der Waals surface area contributed by atoms with E-state index in [2.05, 4.69) is 55.2 Å². The number of nitrogens with zero attached hydrogens (tertiary/aromatic N) is 2. The number of benzene rings is 1. The molecule has 0 aliphatic carbocycles. The van der Waals surface area contributed by atoms with Gasteiger partial charge in [-0.25, -0.2) is 4.79 Å². The molecule has 0 atom stereocenters. The summed E-state index contributed by atoms with van der Waals surface area (Å²) >= 11 is 0. The number of carbonyl (C=O) groups is 1. The van der Waals surface area contributed by atoms with Crippen molar-refractivity contribution in [2.45, 2.75) is 27.3 Å². The van der Waals surface area contributed by atoms with Crippen LogP contribution in [-0.2, 0) is 16.1 Å². The smallest absolute Gasteiger partial charge is 0.372 e. The number of ether oxygens (including phenoxy) is 1. The summed E-state index contributed by atoms with van der Waals surface area (Å²) in [6.45, 7) is 8.83. The summed E-state index contributed by atoms with van der Waals surface area (Å²) in [4.78, 5) is 13.8. The van der Waals surface area contributed by atoms with Gasteiger partial charge in [-0.05, 0) is 44.0 Å². The second kappa shape index (κ2) is 11.5. The number of halogens is 1. The van der Waals surface area contributed by atoms with Crippen LogP contribution in [0.4, 0.5) is 5.69 Å². The minimum Gasteiger partial charge on any atom is -1.00 e. The molecule has 140 valence electrons. The van der Waals surface area contributed by atoms with E-state index in [1.165, 1.54) is 11.3 Å². The normalized spacial score (nSPS) is 10.4. The van der Waals surface area contributed by atoms with Crippen LogP contribution < -0.4 is 26.4 Å². The molecule has 0 radical (unpaired) electrons. The van der Waals surface area contributed by atoms with Gasteiger partial charge in [0.1, 0.15) is 0 Å². The molecule has 0 amide bonds. The molecule has 2 rings (SSSR count). The molecule has 1 aromatic heterocycles. The Morgan fingerprint density at radius 3 is 2.00 bits per heavy atom. The average molecular weight is 419 g/mol. The fourth-order valence-electron chi connectivity index (χ4n) is 2.62. The van der Waals surface area contributed by atoms with Gasteiger partial charge < -0.3 is 26.6 Å². The molecule has 0 aliphatic heterocycles. The average Bonchev–Trinajstić information content (AvgIpc) is 2.63. The van der Waals surface area contributed by atoms with Crippen molar-refractivity contribution in [2.75, 3.05) is 24.6 Å². The second-order valence-corrected chi connectivity index (χ2v) is 5.71. The topological polar surface area (TPSA) is 33.4 Å². The minimum atomic E-state index is -0.218. The highest BCUT2D eigenvalue weighted by Crippen LogP contribution is 2.16. The predicted octanol–water partition coefficient (Wildman–Crippen LogP) is 0.558. The third-order valence-corrected chi connectivity index (χ3v) is 4.02. The van der Waals surface area contributed by atoms with E-state index in [1.807, 2.05) is 36.0 Å². The molecule has 2 aromatic rings. The number of carbonyl (C=O) groups excluding carboxylic acids is 1. The Balaban J connectivity index is 0.00000338. The number of rotatable bonds is 8. The van der Waals surface area contributed by atoms with E-state index in [0.29, 0.717) is 6.61 Å². The standard InChI is InChI=1S/C21H27N2O2.BrH/c1-4-23(5-2)20-11-9-18(10-12-20)7-8-19-13-15-22(16-14-19)17-21(24)25-6-3;/h7-16H,4-6,17H2,1-3H3;1H/q+1;/p-1. The Bertz CT molecular complexity index is 693. The van der Waals surface area contributed by atoms with Gasteiger partial charge in [0.15, 0.2) is 12.4 Å². The molecule has 0 saturated carbocycles. The maximum Gasteiger partial charge on any atom is 0.372 e. The second-order valence-electron chi connectivity index (χ2n) is 5.71. The molecule has 26 heavy (non-hydrogen) atoms. The lowest BCUT2D eigenvalue weighted by Gasteiger charge is -2.20. The van der Waals surface area contributed by atoms with E-state index in [9.17, 15) is 4.79 Å². The van der Waals surface area contributed by atoms with E-state index in [1.54, 1.807) is 0 Å². The minimum absolute atomic E-state index is 0. The summed E-state index contributed by atoms with van der Waals surface area (Å²) in [5.41, 5.74) is 3.51. The Morgan fingerprint density at radius 2 is 1.50 bits per heavy atom. The molecular weight excluding hydrogens is 392 g/mol. The molecule has 0 spiro atoms. The van der Waals surface area contributed by atoms with Crippen LogP contribution in [-0.4, -0.2) is 25.7 Å². The summed E-state index contributed by atoms with van der Waals surface area (Å²) in [5.74, 6) is -0.218. The molecule has 4 nitrogen and oxygen atoms in total. The van der Waals surface area contributed by atoms with Crippen molar-refractivity contribution in [2.24, 2.45) is 0 Å². The molecule has 0 bridgehead atoms. The first-order chi connectivity index (χ1) is 12.2. The zero-order chi connectivity index (χ0) is 18.1. The first-order valence-corrected chi connectivity index (χ1v) is 8.84. The molecule has 0 aliphatic rings. The largest absolute Gasteiger partial charge is 1.00 e. The maximum absolute atomic E-state index is 11.5. The molecule has 5 heteroatoms. The van der Waals surface area contributed by atoms with Gasteiger partial charge in [0, 0.05) is 30.9 Å². The number of pyridine rings is 1. The summed E-state index contributed by atoms with van der Waals surface area (Å²) in [6, 6.07) is 12.6. The maximum atomic E-state index is 11.5. The monoisotopic (exact) mass is 418 g/mol. The van der Waals surface area contributed by atoms with Gasteiger partial charge in [-0.3, -0.25) is 0 Å². The molecule has 0 N–H and O–H groups in total. The van der Waals surface area contributed by atoms with Crippen molar-refractivity contribution in [3.8, 4) is 0 Å². The van der Waals surface area contributed by atoms with Crippen molar-refractivity contribution >= 4 is 23.8 Å². The number of aromatic nitrogens is 1. The van der Waals surface area contributed by atoms with Crippen LogP contribution in [0, 0.1) is 0 Å². The fourth-order valence-corrected chi connectivity index (χ4v) is 2.62. The van der Waals surface area contributed by atoms with E-state index in [0.717, 1.165) is 18.7 Å². The molecule has 0 unspecified atom stereocenters. The summed E-state index contributed by atoms with van der Waals surface area (Å²) in [7, 11) is 0. The van der Waals surface area contributed by atoms with Crippen LogP contribution in [0.3, 0.4) is 0 Å². The zero-order valence-corrected chi connectivity index (χ0v) is 17.3. The Labute approximate surface area is 166 Å². The van der Waals surface area contributed by atoms with E-state index in [4.69, 9.17) is 4.74 Å². The van der Waals surface area contributed by atoms with Crippen LogP contribution in [0.2, 0.25) is 0 Å². The molecule has 1 heterocycles. The molecule has 0 fully saturated rings. The van der Waals surface area contributed by atoms with Crippen molar-refractivity contribution < 1.29 is 31.1 Å². The Hall–Kier alpha value is -2.14. The lowest BCUT2D eigenvalue weighted by atomic mass is 10.1. The highest BCUT2D eigenvalue weighted by Gasteiger charge is 2.09. The van der Waals surface area contributed by atoms with Gasteiger partial charge in [0.25, 0.3) is 0 Å². The van der Waals surface area contributed by atoms with Crippen LogP contribution in [0.15, 0.2) is 48.8 Å². The summed E-state index contributed by atoms with van der Waals surface area (Å²) in [6.07, 6.45) is 7.94. The van der Waals surface area contributed by atoms with E-state index >= 15 is 0 Å². The first kappa shape index (κ1) is 21.9. The van der Waals surface area contributed by atoms with Crippen LogP contribution in [0.25, 0.3) is 12.2 Å². The third kappa shape index (κ3) is 6.64.